The largest absolute Gasteiger partial charge is 0.480 e. The number of alkyl halides is 3. The number of rotatable bonds is 5. The number of fused-ring (bicyclic) bond motifs is 1. The summed E-state index contributed by atoms with van der Waals surface area (Å²) in [7, 11) is 0. The zero-order chi connectivity index (χ0) is 19.5. The van der Waals surface area contributed by atoms with Crippen molar-refractivity contribution in [2.45, 2.75) is 38.1 Å². The minimum Gasteiger partial charge on any atom is -0.480 e. The van der Waals surface area contributed by atoms with Gasteiger partial charge < -0.3 is 19.9 Å². The predicted octanol–water partition coefficient (Wildman–Crippen LogP) is 1.60. The van der Waals surface area contributed by atoms with E-state index in [1.165, 1.54) is 13.0 Å². The van der Waals surface area contributed by atoms with Crippen LogP contribution in [0.2, 0.25) is 0 Å². The Morgan fingerprint density at radius 2 is 2.00 bits per heavy atom. The lowest BCUT2D eigenvalue weighted by Gasteiger charge is -2.34. The fourth-order valence-electron chi connectivity index (χ4n) is 2.62. The summed E-state index contributed by atoms with van der Waals surface area (Å²) in [6, 6.07) is 6.17. The summed E-state index contributed by atoms with van der Waals surface area (Å²) in [6.45, 7) is 2.09. The molecule has 6 nitrogen and oxygen atoms in total. The van der Waals surface area contributed by atoms with E-state index in [4.69, 9.17) is 4.74 Å². The van der Waals surface area contributed by atoms with E-state index >= 15 is 0 Å². The Hall–Kier alpha value is -2.29. The highest BCUT2D eigenvalue weighted by atomic mass is 19.4. The topological polar surface area (TPSA) is 84.9 Å². The van der Waals surface area contributed by atoms with Gasteiger partial charge in [0.1, 0.15) is 5.75 Å². The molecule has 26 heavy (non-hydrogen) atoms. The summed E-state index contributed by atoms with van der Waals surface area (Å²) >= 11 is 0. The molecule has 0 saturated heterocycles. The first-order valence-corrected chi connectivity index (χ1v) is 8.05. The van der Waals surface area contributed by atoms with Crippen LogP contribution in [0.15, 0.2) is 24.3 Å². The maximum Gasteiger partial charge on any atom is 0.426 e. The standard InChI is InChI=1S/C17H20F3NO5/c1-3-25-15(23)16(2,24)9-21-14(22)11-8-10-6-4-5-7-12(10)26-13(11)17(18,19)20/h4-7,11,13,24H,3,8-9H2,1-2H3,(H,21,22)/t11-,13-,16?/m0/s1. The normalized spacial score (nSPS) is 21.8. The van der Waals surface area contributed by atoms with Crippen molar-refractivity contribution >= 4 is 11.9 Å². The first-order chi connectivity index (χ1) is 12.1. The molecule has 1 unspecified atom stereocenters. The van der Waals surface area contributed by atoms with Crippen molar-refractivity contribution in [3.8, 4) is 5.75 Å². The smallest absolute Gasteiger partial charge is 0.426 e. The van der Waals surface area contributed by atoms with E-state index in [0.29, 0.717) is 5.56 Å². The number of aliphatic hydroxyl groups is 1. The summed E-state index contributed by atoms with van der Waals surface area (Å²) in [6.07, 6.45) is -7.24. The number of hydrogen-bond acceptors (Lipinski definition) is 5. The Kier molecular flexibility index (Phi) is 5.80. The minimum absolute atomic E-state index is 0.0202. The fraction of sp³-hybridized carbons (Fsp3) is 0.529. The van der Waals surface area contributed by atoms with Gasteiger partial charge in [-0.15, -0.1) is 0 Å². The molecule has 0 radical (unpaired) electrons. The molecule has 144 valence electrons. The van der Waals surface area contributed by atoms with Crippen LogP contribution in [0, 0.1) is 5.92 Å². The second-order valence-corrected chi connectivity index (χ2v) is 6.21. The van der Waals surface area contributed by atoms with E-state index in [2.05, 4.69) is 10.1 Å². The monoisotopic (exact) mass is 375 g/mol. The van der Waals surface area contributed by atoms with Crippen LogP contribution in [0.25, 0.3) is 0 Å². The van der Waals surface area contributed by atoms with Crippen molar-refractivity contribution in [2.75, 3.05) is 13.2 Å². The van der Waals surface area contributed by atoms with E-state index in [9.17, 15) is 27.9 Å². The van der Waals surface area contributed by atoms with Gasteiger partial charge in [-0.2, -0.15) is 13.2 Å². The Bertz CT molecular complexity index is 675. The zero-order valence-corrected chi connectivity index (χ0v) is 14.3. The van der Waals surface area contributed by atoms with Crippen LogP contribution >= 0.6 is 0 Å². The van der Waals surface area contributed by atoms with Gasteiger partial charge in [-0.05, 0) is 31.9 Å². The van der Waals surface area contributed by atoms with Crippen LogP contribution in [0.3, 0.4) is 0 Å². The van der Waals surface area contributed by atoms with Gasteiger partial charge in [-0.3, -0.25) is 4.79 Å². The Morgan fingerprint density at radius 1 is 1.35 bits per heavy atom. The van der Waals surface area contributed by atoms with Crippen molar-refractivity contribution in [3.05, 3.63) is 29.8 Å². The molecule has 0 saturated carbocycles. The summed E-state index contributed by atoms with van der Waals surface area (Å²) in [5, 5.41) is 12.2. The van der Waals surface area contributed by atoms with Gasteiger partial charge in [0.15, 0.2) is 5.60 Å². The lowest BCUT2D eigenvalue weighted by molar-refractivity contribution is -0.214. The van der Waals surface area contributed by atoms with Crippen LogP contribution in [0.1, 0.15) is 19.4 Å². The van der Waals surface area contributed by atoms with E-state index in [1.807, 2.05) is 0 Å². The maximum atomic E-state index is 13.3. The Balaban J connectivity index is 2.14. The van der Waals surface area contributed by atoms with Gasteiger partial charge in [0.25, 0.3) is 0 Å². The van der Waals surface area contributed by atoms with Crippen molar-refractivity contribution in [1.82, 2.24) is 5.32 Å². The number of carbonyl (C=O) groups excluding carboxylic acids is 2. The SMILES string of the molecule is CCOC(=O)C(C)(O)CNC(=O)[C@H]1Cc2ccccc2O[C@@H]1C(F)(F)F. The molecule has 1 aliphatic rings. The average Bonchev–Trinajstić information content (AvgIpc) is 2.58. The number of benzene rings is 1. The maximum absolute atomic E-state index is 13.3. The van der Waals surface area contributed by atoms with Crippen LogP contribution in [-0.2, 0) is 20.7 Å². The summed E-state index contributed by atoms with van der Waals surface area (Å²) in [5.74, 6) is -3.40. The highest BCUT2D eigenvalue weighted by Crippen LogP contribution is 2.38. The molecule has 0 aromatic heterocycles. The van der Waals surface area contributed by atoms with Crippen LogP contribution in [0.4, 0.5) is 13.2 Å². The number of carbonyl (C=O) groups is 2. The predicted molar refractivity (Wildman–Crippen MR) is 84.4 cm³/mol. The van der Waals surface area contributed by atoms with Crippen LogP contribution in [-0.4, -0.2) is 48.0 Å². The molecule has 1 aromatic carbocycles. The van der Waals surface area contributed by atoms with Crippen molar-refractivity contribution < 1.29 is 37.3 Å². The molecule has 0 bridgehead atoms. The van der Waals surface area contributed by atoms with Crippen LogP contribution in [0.5, 0.6) is 5.75 Å². The van der Waals surface area contributed by atoms with Gasteiger partial charge >= 0.3 is 12.1 Å². The third-order valence-electron chi connectivity index (χ3n) is 4.01. The molecule has 9 heteroatoms. The third kappa shape index (κ3) is 4.46. The number of ether oxygens (including phenoxy) is 2. The number of amides is 1. The van der Waals surface area contributed by atoms with Crippen molar-refractivity contribution in [2.24, 2.45) is 5.92 Å². The lowest BCUT2D eigenvalue weighted by Crippen LogP contribution is -2.54. The summed E-state index contributed by atoms with van der Waals surface area (Å²) < 4.78 is 49.6. The quantitative estimate of drug-likeness (QED) is 0.764. The summed E-state index contributed by atoms with van der Waals surface area (Å²) in [4.78, 5) is 24.0. The second kappa shape index (κ2) is 7.53. The van der Waals surface area contributed by atoms with Crippen LogP contribution < -0.4 is 10.1 Å². The van der Waals surface area contributed by atoms with E-state index < -0.39 is 42.2 Å². The molecule has 0 aliphatic carbocycles. The minimum atomic E-state index is -4.75. The molecule has 2 N–H and O–H groups in total. The Labute approximate surface area is 148 Å². The van der Waals surface area contributed by atoms with Gasteiger partial charge in [0.2, 0.25) is 12.0 Å². The third-order valence-corrected chi connectivity index (χ3v) is 4.01. The van der Waals surface area contributed by atoms with E-state index in [0.717, 1.165) is 6.92 Å². The molecular weight excluding hydrogens is 355 g/mol. The second-order valence-electron chi connectivity index (χ2n) is 6.21. The molecule has 2 rings (SSSR count). The highest BCUT2D eigenvalue weighted by molar-refractivity contribution is 5.83. The van der Waals surface area contributed by atoms with Gasteiger partial charge in [0, 0.05) is 0 Å². The number of esters is 1. The molecular formula is C17H20F3NO5. The zero-order valence-electron chi connectivity index (χ0n) is 14.3. The molecule has 1 amide bonds. The molecule has 0 fully saturated rings. The first-order valence-electron chi connectivity index (χ1n) is 8.05. The number of para-hydroxylation sites is 1. The number of halogens is 3. The molecule has 0 spiro atoms. The highest BCUT2D eigenvalue weighted by Gasteiger charge is 2.52. The molecule has 1 aliphatic heterocycles. The molecule has 1 heterocycles. The first kappa shape index (κ1) is 20.0. The van der Waals surface area contributed by atoms with Gasteiger partial charge in [-0.25, -0.2) is 4.79 Å². The fourth-order valence-corrected chi connectivity index (χ4v) is 2.62. The number of hydrogen-bond donors (Lipinski definition) is 2. The molecule has 3 atom stereocenters. The van der Waals surface area contributed by atoms with Crippen molar-refractivity contribution in [1.29, 1.82) is 0 Å². The average molecular weight is 375 g/mol. The summed E-state index contributed by atoms with van der Waals surface area (Å²) in [5.41, 5.74) is -1.57. The van der Waals surface area contributed by atoms with Crippen molar-refractivity contribution in [3.63, 3.8) is 0 Å². The Morgan fingerprint density at radius 3 is 2.62 bits per heavy atom. The van der Waals surface area contributed by atoms with E-state index in [-0.39, 0.29) is 18.8 Å². The molecule has 1 aromatic rings. The lowest BCUT2D eigenvalue weighted by atomic mass is 9.89. The van der Waals surface area contributed by atoms with E-state index in [1.54, 1.807) is 18.2 Å². The number of nitrogens with one attached hydrogen (secondary N) is 1. The van der Waals surface area contributed by atoms with Gasteiger partial charge in [-0.1, -0.05) is 18.2 Å². The van der Waals surface area contributed by atoms with Gasteiger partial charge in [0.05, 0.1) is 19.1 Å².